The normalized spacial score (nSPS) is 13.9. The molecule has 33 heavy (non-hydrogen) atoms. The van der Waals surface area contributed by atoms with Crippen molar-refractivity contribution >= 4 is 32.4 Å². The second kappa shape index (κ2) is 8.33. The van der Waals surface area contributed by atoms with Gasteiger partial charge in [-0.05, 0) is 47.2 Å². The number of sulfonamides is 1. The molecular formula is C26H23N3O3S. The molecule has 1 aliphatic rings. The molecule has 0 atom stereocenters. The summed E-state index contributed by atoms with van der Waals surface area (Å²) in [5.74, 6) is -0.268. The number of nitrogens with zero attached hydrogens (tertiary/aromatic N) is 3. The van der Waals surface area contributed by atoms with E-state index in [9.17, 15) is 13.2 Å². The minimum absolute atomic E-state index is 0.251. The average Bonchev–Trinajstić information content (AvgIpc) is 3.04. The highest BCUT2D eigenvalue weighted by Crippen LogP contribution is 2.41. The molecule has 0 N–H and O–H groups in total. The van der Waals surface area contributed by atoms with E-state index in [1.807, 2.05) is 61.5 Å². The van der Waals surface area contributed by atoms with E-state index < -0.39 is 10.0 Å². The van der Waals surface area contributed by atoms with Gasteiger partial charge >= 0.3 is 0 Å². The van der Waals surface area contributed by atoms with Crippen LogP contribution < -0.4 is 4.31 Å². The molecule has 7 heteroatoms. The quantitative estimate of drug-likeness (QED) is 0.433. The van der Waals surface area contributed by atoms with Crippen LogP contribution in [0.1, 0.15) is 16.7 Å². The highest BCUT2D eigenvalue weighted by Gasteiger charge is 2.37. The van der Waals surface area contributed by atoms with E-state index >= 15 is 0 Å². The van der Waals surface area contributed by atoms with Gasteiger partial charge in [-0.1, -0.05) is 54.6 Å². The molecule has 2 heterocycles. The smallest absolute Gasteiger partial charge is 0.265 e. The maximum atomic E-state index is 13.6. The van der Waals surface area contributed by atoms with Gasteiger partial charge in [-0.3, -0.25) is 14.1 Å². The van der Waals surface area contributed by atoms with Gasteiger partial charge in [0.1, 0.15) is 6.54 Å². The van der Waals surface area contributed by atoms with Gasteiger partial charge in [-0.15, -0.1) is 0 Å². The van der Waals surface area contributed by atoms with Gasteiger partial charge in [-0.25, -0.2) is 8.42 Å². The molecule has 0 radical (unpaired) electrons. The maximum Gasteiger partial charge on any atom is 0.265 e. The molecule has 0 aliphatic carbocycles. The summed E-state index contributed by atoms with van der Waals surface area (Å²) in [5.41, 5.74) is 3.53. The SMILES string of the molecule is Cc1ccccc1CN(Cc1cccnc1)C(=O)CN1c2cccc3cccc(c23)S1(=O)=O. The van der Waals surface area contributed by atoms with Crippen molar-refractivity contribution < 1.29 is 13.2 Å². The van der Waals surface area contributed by atoms with Crippen LogP contribution in [0.25, 0.3) is 10.8 Å². The Balaban J connectivity index is 1.49. The molecule has 3 aromatic carbocycles. The number of anilines is 1. The van der Waals surface area contributed by atoms with Crippen molar-refractivity contribution in [1.82, 2.24) is 9.88 Å². The number of pyridine rings is 1. The van der Waals surface area contributed by atoms with Gasteiger partial charge in [0.15, 0.2) is 0 Å². The van der Waals surface area contributed by atoms with Crippen LogP contribution in [0, 0.1) is 6.92 Å². The fraction of sp³-hybridized carbons (Fsp3) is 0.154. The zero-order valence-electron chi connectivity index (χ0n) is 18.2. The van der Waals surface area contributed by atoms with Crippen LogP contribution in [0.2, 0.25) is 0 Å². The summed E-state index contributed by atoms with van der Waals surface area (Å²) in [4.78, 5) is 19.7. The van der Waals surface area contributed by atoms with Gasteiger partial charge in [0.05, 0.1) is 10.6 Å². The number of carbonyl (C=O) groups is 1. The van der Waals surface area contributed by atoms with Crippen LogP contribution in [-0.4, -0.2) is 30.8 Å². The predicted octanol–water partition coefficient (Wildman–Crippen LogP) is 4.28. The Bertz CT molecular complexity index is 1450. The molecule has 0 unspecified atom stereocenters. The van der Waals surface area contributed by atoms with Crippen molar-refractivity contribution in [1.29, 1.82) is 0 Å². The van der Waals surface area contributed by atoms with E-state index in [0.717, 1.165) is 22.1 Å². The van der Waals surface area contributed by atoms with Crippen molar-refractivity contribution in [2.24, 2.45) is 0 Å². The predicted molar refractivity (Wildman–Crippen MR) is 128 cm³/mol. The minimum Gasteiger partial charge on any atom is -0.332 e. The number of hydrogen-bond acceptors (Lipinski definition) is 4. The summed E-state index contributed by atoms with van der Waals surface area (Å²) in [7, 11) is -3.81. The van der Waals surface area contributed by atoms with Gasteiger partial charge in [0.25, 0.3) is 10.0 Å². The number of amides is 1. The van der Waals surface area contributed by atoms with Crippen molar-refractivity contribution in [2.45, 2.75) is 24.9 Å². The summed E-state index contributed by atoms with van der Waals surface area (Å²) in [5, 5.41) is 1.51. The lowest BCUT2D eigenvalue weighted by Crippen LogP contribution is -2.41. The first-order valence-corrected chi connectivity index (χ1v) is 12.1. The number of aromatic nitrogens is 1. The Morgan fingerprint density at radius 3 is 2.48 bits per heavy atom. The highest BCUT2D eigenvalue weighted by atomic mass is 32.2. The standard InChI is InChI=1S/C26H23N3O3S/c1-19-7-2-3-9-22(19)17-28(16-20-8-6-14-27-15-20)25(30)18-29-23-12-4-10-21-11-5-13-24(26(21)23)33(29,31)32/h2-15H,16-18H2,1H3. The minimum atomic E-state index is -3.81. The lowest BCUT2D eigenvalue weighted by atomic mass is 10.1. The van der Waals surface area contributed by atoms with E-state index in [2.05, 4.69) is 4.98 Å². The van der Waals surface area contributed by atoms with Gasteiger partial charge in [0.2, 0.25) is 5.91 Å². The Labute approximate surface area is 193 Å². The Morgan fingerprint density at radius 2 is 1.73 bits per heavy atom. The molecule has 0 saturated heterocycles. The molecular weight excluding hydrogens is 434 g/mol. The third kappa shape index (κ3) is 3.85. The Morgan fingerprint density at radius 1 is 0.939 bits per heavy atom. The highest BCUT2D eigenvalue weighted by molar-refractivity contribution is 7.93. The molecule has 0 fully saturated rings. The fourth-order valence-electron chi connectivity index (χ4n) is 4.29. The topological polar surface area (TPSA) is 70.6 Å². The Kier molecular flexibility index (Phi) is 5.34. The maximum absolute atomic E-state index is 13.6. The summed E-state index contributed by atoms with van der Waals surface area (Å²) >= 11 is 0. The zero-order valence-corrected chi connectivity index (χ0v) is 19.0. The van der Waals surface area contributed by atoms with E-state index in [0.29, 0.717) is 24.2 Å². The number of benzene rings is 3. The molecule has 1 aliphatic heterocycles. The molecule has 166 valence electrons. The van der Waals surface area contributed by atoms with E-state index in [4.69, 9.17) is 0 Å². The van der Waals surface area contributed by atoms with Crippen molar-refractivity contribution in [3.05, 3.63) is 102 Å². The third-order valence-electron chi connectivity index (χ3n) is 6.03. The molecule has 5 rings (SSSR count). The number of rotatable bonds is 6. The van der Waals surface area contributed by atoms with Gasteiger partial charge in [0, 0.05) is 30.9 Å². The Hall–Kier alpha value is -3.71. The first-order valence-electron chi connectivity index (χ1n) is 10.7. The lowest BCUT2D eigenvalue weighted by molar-refractivity contribution is -0.130. The monoisotopic (exact) mass is 457 g/mol. The van der Waals surface area contributed by atoms with Crippen molar-refractivity contribution in [2.75, 3.05) is 10.8 Å². The zero-order chi connectivity index (χ0) is 23.0. The lowest BCUT2D eigenvalue weighted by Gasteiger charge is -2.27. The largest absolute Gasteiger partial charge is 0.332 e. The van der Waals surface area contributed by atoms with Crippen LogP contribution in [0.15, 0.2) is 90.1 Å². The van der Waals surface area contributed by atoms with Crippen LogP contribution in [0.3, 0.4) is 0 Å². The molecule has 4 aromatic rings. The molecule has 0 saturated carbocycles. The summed E-state index contributed by atoms with van der Waals surface area (Å²) in [6.45, 7) is 2.46. The van der Waals surface area contributed by atoms with Gasteiger partial charge in [-0.2, -0.15) is 0 Å². The third-order valence-corrected chi connectivity index (χ3v) is 7.83. The number of hydrogen-bond donors (Lipinski definition) is 0. The molecule has 1 aromatic heterocycles. The van der Waals surface area contributed by atoms with Crippen LogP contribution in [-0.2, 0) is 27.9 Å². The molecule has 0 spiro atoms. The first-order chi connectivity index (χ1) is 15.9. The van der Waals surface area contributed by atoms with Gasteiger partial charge < -0.3 is 4.90 Å². The molecule has 1 amide bonds. The second-order valence-corrected chi connectivity index (χ2v) is 10.0. The van der Waals surface area contributed by atoms with Crippen LogP contribution in [0.4, 0.5) is 5.69 Å². The fourth-order valence-corrected chi connectivity index (χ4v) is 5.95. The number of aryl methyl sites for hydroxylation is 1. The average molecular weight is 458 g/mol. The summed E-state index contributed by atoms with van der Waals surface area (Å²) in [6, 6.07) is 22.3. The van der Waals surface area contributed by atoms with Crippen LogP contribution in [0.5, 0.6) is 0 Å². The second-order valence-electron chi connectivity index (χ2n) is 8.18. The van der Waals surface area contributed by atoms with E-state index in [1.165, 1.54) is 4.31 Å². The van der Waals surface area contributed by atoms with Crippen LogP contribution >= 0.6 is 0 Å². The van der Waals surface area contributed by atoms with Crippen molar-refractivity contribution in [3.63, 3.8) is 0 Å². The summed E-state index contributed by atoms with van der Waals surface area (Å²) < 4.78 is 27.9. The van der Waals surface area contributed by atoms with E-state index in [-0.39, 0.29) is 17.3 Å². The molecule has 0 bridgehead atoms. The first kappa shape index (κ1) is 21.2. The van der Waals surface area contributed by atoms with Crippen molar-refractivity contribution in [3.8, 4) is 0 Å². The van der Waals surface area contributed by atoms with E-state index in [1.54, 1.807) is 35.5 Å². The molecule has 6 nitrogen and oxygen atoms in total. The number of carbonyl (C=O) groups excluding carboxylic acids is 1. The summed E-state index contributed by atoms with van der Waals surface area (Å²) in [6.07, 6.45) is 3.41.